The van der Waals surface area contributed by atoms with Gasteiger partial charge in [-0.3, -0.25) is 4.79 Å². The lowest BCUT2D eigenvalue weighted by atomic mass is 10.1. The van der Waals surface area contributed by atoms with E-state index >= 15 is 0 Å². The van der Waals surface area contributed by atoms with Crippen LogP contribution in [0.15, 0.2) is 60.2 Å². The second kappa shape index (κ2) is 10.1. The van der Waals surface area contributed by atoms with Gasteiger partial charge in [0.15, 0.2) is 6.10 Å². The van der Waals surface area contributed by atoms with Crippen molar-refractivity contribution in [2.24, 2.45) is 0 Å². The summed E-state index contributed by atoms with van der Waals surface area (Å²) in [4.78, 5) is 28.6. The summed E-state index contributed by atoms with van der Waals surface area (Å²) in [6.45, 7) is 3.79. The molecular weight excluding hydrogens is 366 g/mol. The number of hydrogen-bond donors (Lipinski definition) is 0. The van der Waals surface area contributed by atoms with E-state index < -0.39 is 12.1 Å². The number of amides is 1. The largest absolute Gasteiger partial charge is 0.448 e. The number of ether oxygens (including phenoxy) is 1. The first-order valence-corrected chi connectivity index (χ1v) is 9.34. The number of anilines is 2. The summed E-state index contributed by atoms with van der Waals surface area (Å²) in [7, 11) is 3.85. The molecule has 150 valence electrons. The van der Waals surface area contributed by atoms with Crippen molar-refractivity contribution in [3.8, 4) is 6.07 Å². The summed E-state index contributed by atoms with van der Waals surface area (Å²) in [5, 5.41) is 9.36. The van der Waals surface area contributed by atoms with Gasteiger partial charge in [0.2, 0.25) is 0 Å². The van der Waals surface area contributed by atoms with Crippen LogP contribution in [0.25, 0.3) is 6.08 Å². The van der Waals surface area contributed by atoms with E-state index in [4.69, 9.17) is 4.74 Å². The predicted octanol–water partition coefficient (Wildman–Crippen LogP) is 3.64. The van der Waals surface area contributed by atoms with Crippen molar-refractivity contribution in [2.75, 3.05) is 30.4 Å². The van der Waals surface area contributed by atoms with Gasteiger partial charge in [0.25, 0.3) is 5.91 Å². The van der Waals surface area contributed by atoms with Gasteiger partial charge >= 0.3 is 5.97 Å². The third-order valence-electron chi connectivity index (χ3n) is 4.34. The molecule has 0 bridgehead atoms. The zero-order valence-corrected chi connectivity index (χ0v) is 17.1. The summed E-state index contributed by atoms with van der Waals surface area (Å²) < 4.78 is 5.27. The van der Waals surface area contributed by atoms with E-state index in [-0.39, 0.29) is 11.5 Å². The molecule has 0 radical (unpaired) electrons. The molecule has 0 aliphatic carbocycles. The van der Waals surface area contributed by atoms with Crippen LogP contribution < -0.4 is 9.80 Å². The minimum Gasteiger partial charge on any atom is -0.448 e. The van der Waals surface area contributed by atoms with Gasteiger partial charge in [0.05, 0.1) is 0 Å². The summed E-state index contributed by atoms with van der Waals surface area (Å²) in [5.41, 5.74) is 2.26. The molecule has 0 fully saturated rings. The predicted molar refractivity (Wildman–Crippen MR) is 114 cm³/mol. The van der Waals surface area contributed by atoms with E-state index in [0.29, 0.717) is 12.1 Å². The van der Waals surface area contributed by atoms with Crippen molar-refractivity contribution >= 4 is 29.3 Å². The third-order valence-corrected chi connectivity index (χ3v) is 4.34. The smallest absolute Gasteiger partial charge is 0.349 e. The summed E-state index contributed by atoms with van der Waals surface area (Å²) in [5.74, 6) is -1.17. The molecule has 0 heterocycles. The lowest BCUT2D eigenvalue weighted by Gasteiger charge is -2.24. The van der Waals surface area contributed by atoms with E-state index in [1.165, 1.54) is 17.9 Å². The molecule has 2 aromatic rings. The maximum atomic E-state index is 12.7. The summed E-state index contributed by atoms with van der Waals surface area (Å²) >= 11 is 0. The Bertz CT molecular complexity index is 913. The molecule has 29 heavy (non-hydrogen) atoms. The Labute approximate surface area is 171 Å². The maximum Gasteiger partial charge on any atom is 0.349 e. The van der Waals surface area contributed by atoms with Gasteiger partial charge in [-0.2, -0.15) is 5.26 Å². The molecule has 1 unspecified atom stereocenters. The summed E-state index contributed by atoms with van der Waals surface area (Å²) in [6.07, 6.45) is 0.434. The third kappa shape index (κ3) is 5.69. The van der Waals surface area contributed by atoms with Crippen LogP contribution in [0.5, 0.6) is 0 Å². The van der Waals surface area contributed by atoms with Gasteiger partial charge in [-0.25, -0.2) is 4.79 Å². The van der Waals surface area contributed by atoms with E-state index in [0.717, 1.165) is 11.4 Å². The van der Waals surface area contributed by atoms with Crippen molar-refractivity contribution in [2.45, 2.75) is 20.0 Å². The Hall–Kier alpha value is -3.59. The zero-order chi connectivity index (χ0) is 21.4. The molecule has 0 spiro atoms. The highest BCUT2D eigenvalue weighted by molar-refractivity contribution is 6.01. The quantitative estimate of drug-likeness (QED) is 0.409. The van der Waals surface area contributed by atoms with Crippen LogP contribution in [-0.4, -0.2) is 38.6 Å². The number of carbonyl (C=O) groups is 2. The maximum absolute atomic E-state index is 12.7. The molecule has 1 amide bonds. The molecule has 2 aromatic carbocycles. The van der Waals surface area contributed by atoms with Crippen molar-refractivity contribution < 1.29 is 14.3 Å². The number of likely N-dealkylation sites (N-methyl/N-ethyl adjacent to an activating group) is 1. The van der Waals surface area contributed by atoms with E-state index in [1.807, 2.05) is 86.6 Å². The van der Waals surface area contributed by atoms with Crippen LogP contribution >= 0.6 is 0 Å². The summed E-state index contributed by atoms with van der Waals surface area (Å²) in [6, 6.07) is 18.4. The van der Waals surface area contributed by atoms with E-state index in [2.05, 4.69) is 0 Å². The van der Waals surface area contributed by atoms with Gasteiger partial charge < -0.3 is 14.5 Å². The SMILES string of the molecule is CCN(C(=O)C(C)OC(=O)/C(C#N)=C/c1ccc(N(C)C)cc1)c1ccccc1. The van der Waals surface area contributed by atoms with Crippen LogP contribution in [0.4, 0.5) is 11.4 Å². The minimum absolute atomic E-state index is 0.162. The molecule has 6 heteroatoms. The van der Waals surface area contributed by atoms with Gasteiger partial charge in [0.1, 0.15) is 11.6 Å². The number of benzene rings is 2. The van der Waals surface area contributed by atoms with Crippen molar-refractivity contribution in [3.05, 3.63) is 65.7 Å². The molecule has 0 saturated carbocycles. The first kappa shape index (κ1) is 21.7. The number of nitrogens with zero attached hydrogens (tertiary/aromatic N) is 3. The molecule has 1 atom stereocenters. The van der Waals surface area contributed by atoms with Gasteiger partial charge in [0, 0.05) is 32.0 Å². The highest BCUT2D eigenvalue weighted by Gasteiger charge is 2.25. The van der Waals surface area contributed by atoms with Crippen LogP contribution in [0, 0.1) is 11.3 Å². The number of hydrogen-bond acceptors (Lipinski definition) is 5. The molecule has 0 aliphatic rings. The molecule has 0 aromatic heterocycles. The van der Waals surface area contributed by atoms with Crippen LogP contribution in [0.1, 0.15) is 19.4 Å². The molecular formula is C23H25N3O3. The first-order chi connectivity index (χ1) is 13.9. The normalized spacial score (nSPS) is 11.9. The standard InChI is InChI=1S/C23H25N3O3/c1-5-26(21-9-7-6-8-10-21)22(27)17(2)29-23(28)19(16-24)15-18-11-13-20(14-12-18)25(3)4/h6-15,17H,5H2,1-4H3/b19-15+. The number of rotatable bonds is 7. The molecule has 2 rings (SSSR count). The Morgan fingerprint density at radius 3 is 2.21 bits per heavy atom. The fraction of sp³-hybridized carbons (Fsp3) is 0.261. The van der Waals surface area contributed by atoms with Crippen LogP contribution in [0.3, 0.4) is 0 Å². The van der Waals surface area contributed by atoms with Gasteiger partial charge in [-0.1, -0.05) is 30.3 Å². The lowest BCUT2D eigenvalue weighted by Crippen LogP contribution is -2.40. The van der Waals surface area contributed by atoms with E-state index in [1.54, 1.807) is 0 Å². The Morgan fingerprint density at radius 2 is 1.69 bits per heavy atom. The monoisotopic (exact) mass is 391 g/mol. The molecule has 0 aliphatic heterocycles. The fourth-order valence-corrected chi connectivity index (χ4v) is 2.74. The topological polar surface area (TPSA) is 73.6 Å². The van der Waals surface area contributed by atoms with Crippen LogP contribution in [-0.2, 0) is 14.3 Å². The Morgan fingerprint density at radius 1 is 1.07 bits per heavy atom. The van der Waals surface area contributed by atoms with Crippen molar-refractivity contribution in [3.63, 3.8) is 0 Å². The number of para-hydroxylation sites is 1. The molecule has 0 saturated heterocycles. The second-order valence-corrected chi connectivity index (χ2v) is 6.62. The highest BCUT2D eigenvalue weighted by atomic mass is 16.5. The van der Waals surface area contributed by atoms with E-state index in [9.17, 15) is 14.9 Å². The van der Waals surface area contributed by atoms with Crippen LogP contribution in [0.2, 0.25) is 0 Å². The first-order valence-electron chi connectivity index (χ1n) is 9.34. The number of esters is 1. The fourth-order valence-electron chi connectivity index (χ4n) is 2.74. The zero-order valence-electron chi connectivity index (χ0n) is 17.1. The average Bonchev–Trinajstić information content (AvgIpc) is 2.73. The minimum atomic E-state index is -1.02. The lowest BCUT2D eigenvalue weighted by molar-refractivity contribution is -0.149. The number of carbonyl (C=O) groups excluding carboxylic acids is 2. The van der Waals surface area contributed by atoms with Crippen molar-refractivity contribution in [1.82, 2.24) is 0 Å². The highest BCUT2D eigenvalue weighted by Crippen LogP contribution is 2.17. The van der Waals surface area contributed by atoms with Gasteiger partial charge in [-0.05, 0) is 49.8 Å². The number of nitriles is 1. The second-order valence-electron chi connectivity index (χ2n) is 6.62. The average molecular weight is 391 g/mol. The molecule has 0 N–H and O–H groups in total. The van der Waals surface area contributed by atoms with Gasteiger partial charge in [-0.15, -0.1) is 0 Å². The Kier molecular flexibility index (Phi) is 7.55. The van der Waals surface area contributed by atoms with Crippen molar-refractivity contribution in [1.29, 1.82) is 5.26 Å². The molecule has 6 nitrogen and oxygen atoms in total. The Balaban J connectivity index is 2.11.